The van der Waals surface area contributed by atoms with Crippen LogP contribution >= 0.6 is 0 Å². The first-order chi connectivity index (χ1) is 28.8. The van der Waals surface area contributed by atoms with Gasteiger partial charge in [0.15, 0.2) is 5.58 Å². The summed E-state index contributed by atoms with van der Waals surface area (Å²) in [6.07, 6.45) is 0. The lowest BCUT2D eigenvalue weighted by molar-refractivity contribution is 0.669. The molecular formula is C54H34N2O2. The van der Waals surface area contributed by atoms with Gasteiger partial charge in [0.25, 0.3) is 0 Å². The highest BCUT2D eigenvalue weighted by molar-refractivity contribution is 6.16. The lowest BCUT2D eigenvalue weighted by Gasteiger charge is -2.26. The zero-order valence-corrected chi connectivity index (χ0v) is 31.3. The quantitative estimate of drug-likeness (QED) is 0.170. The normalized spacial score (nSPS) is 11.8. The van der Waals surface area contributed by atoms with Gasteiger partial charge in [-0.05, 0) is 83.4 Å². The van der Waals surface area contributed by atoms with Crippen molar-refractivity contribution in [2.75, 3.05) is 4.90 Å². The number of furan rings is 2. The van der Waals surface area contributed by atoms with Gasteiger partial charge in [0.2, 0.25) is 0 Å². The van der Waals surface area contributed by atoms with E-state index >= 15 is 0 Å². The highest BCUT2D eigenvalue weighted by Crippen LogP contribution is 2.46. The maximum atomic E-state index is 6.99. The van der Waals surface area contributed by atoms with Crippen molar-refractivity contribution < 1.29 is 8.83 Å². The molecule has 3 aromatic heterocycles. The maximum Gasteiger partial charge on any atom is 0.159 e. The molecule has 0 saturated carbocycles. The fraction of sp³-hybridized carbons (Fsp3) is 0. The van der Waals surface area contributed by atoms with Crippen LogP contribution in [0.4, 0.5) is 17.1 Å². The van der Waals surface area contributed by atoms with Crippen LogP contribution in [0.25, 0.3) is 93.6 Å². The lowest BCUT2D eigenvalue weighted by Crippen LogP contribution is -2.10. The van der Waals surface area contributed by atoms with Gasteiger partial charge in [-0.25, -0.2) is 0 Å². The number of anilines is 3. The second kappa shape index (κ2) is 12.9. The van der Waals surface area contributed by atoms with Gasteiger partial charge in [-0.3, -0.25) is 0 Å². The van der Waals surface area contributed by atoms with E-state index in [4.69, 9.17) is 8.83 Å². The summed E-state index contributed by atoms with van der Waals surface area (Å²) in [6, 6.07) is 73.1. The number of para-hydroxylation sites is 5. The van der Waals surface area contributed by atoms with E-state index in [2.05, 4.69) is 198 Å². The van der Waals surface area contributed by atoms with E-state index in [1.807, 2.05) is 18.2 Å². The Labute approximate surface area is 334 Å². The number of fused-ring (bicyclic) bond motifs is 9. The average Bonchev–Trinajstić information content (AvgIpc) is 3.97. The molecule has 0 unspecified atom stereocenters. The van der Waals surface area contributed by atoms with Crippen molar-refractivity contribution in [3.8, 4) is 27.9 Å². The minimum absolute atomic E-state index is 0.834. The van der Waals surface area contributed by atoms with Crippen LogP contribution in [0, 0.1) is 0 Å². The molecule has 0 aliphatic carbocycles. The average molecular weight is 743 g/mol. The summed E-state index contributed by atoms with van der Waals surface area (Å²) in [6.45, 7) is 0. The van der Waals surface area contributed by atoms with Gasteiger partial charge in [0.1, 0.15) is 16.7 Å². The predicted octanol–water partition coefficient (Wildman–Crippen LogP) is 15.4. The Hall–Kier alpha value is -7.82. The molecule has 4 heteroatoms. The first kappa shape index (κ1) is 32.4. The van der Waals surface area contributed by atoms with Crippen molar-refractivity contribution in [2.24, 2.45) is 0 Å². The molecule has 0 aliphatic heterocycles. The molecule has 58 heavy (non-hydrogen) atoms. The van der Waals surface area contributed by atoms with Crippen LogP contribution in [-0.4, -0.2) is 4.57 Å². The maximum absolute atomic E-state index is 6.99. The molecule has 0 amide bonds. The standard InChI is InChI=1S/C54H34N2O2/c1-3-14-35(15-4-1)41-21-11-22-43-44-23-13-26-49(54(44)58-53(41)43)55(39-32-33-51-46(34-39)42-18-8-10-27-50(42)57-51)38-30-28-36(29-31-38)40-20-12-25-48-52(40)45-19-7-9-24-47(45)56(48)37-16-5-2-6-17-37/h1-34H. The Balaban J connectivity index is 1.06. The van der Waals surface area contributed by atoms with Crippen LogP contribution in [0.5, 0.6) is 0 Å². The van der Waals surface area contributed by atoms with E-state index < -0.39 is 0 Å². The largest absolute Gasteiger partial charge is 0.456 e. The summed E-state index contributed by atoms with van der Waals surface area (Å²) in [5, 5.41) is 6.79. The number of nitrogens with zero attached hydrogens (tertiary/aromatic N) is 2. The summed E-state index contributed by atoms with van der Waals surface area (Å²) < 4.78 is 15.7. The molecule has 0 atom stereocenters. The molecule has 9 aromatic carbocycles. The second-order valence-corrected chi connectivity index (χ2v) is 14.9. The Morgan fingerprint density at radius 1 is 0.362 bits per heavy atom. The molecule has 4 nitrogen and oxygen atoms in total. The Morgan fingerprint density at radius 3 is 1.81 bits per heavy atom. The van der Waals surface area contributed by atoms with Gasteiger partial charge in [-0.15, -0.1) is 0 Å². The van der Waals surface area contributed by atoms with Crippen LogP contribution < -0.4 is 4.90 Å². The predicted molar refractivity (Wildman–Crippen MR) is 241 cm³/mol. The zero-order chi connectivity index (χ0) is 38.2. The first-order valence-corrected chi connectivity index (χ1v) is 19.7. The molecule has 0 fully saturated rings. The van der Waals surface area contributed by atoms with Crippen molar-refractivity contribution in [1.29, 1.82) is 0 Å². The number of aromatic nitrogens is 1. The van der Waals surface area contributed by atoms with Gasteiger partial charge < -0.3 is 18.3 Å². The van der Waals surface area contributed by atoms with Gasteiger partial charge in [-0.1, -0.05) is 140 Å². The SMILES string of the molecule is c1ccc(-c2cccc3c2oc2c(N(c4ccc(-c5cccc6c5c5ccccc5n6-c5ccccc5)cc4)c4ccc5oc6ccccc6c5c4)cccc23)cc1. The lowest BCUT2D eigenvalue weighted by atomic mass is 9.99. The van der Waals surface area contributed by atoms with Gasteiger partial charge in [-0.2, -0.15) is 0 Å². The smallest absolute Gasteiger partial charge is 0.159 e. The summed E-state index contributed by atoms with van der Waals surface area (Å²) in [7, 11) is 0. The molecule has 12 aromatic rings. The topological polar surface area (TPSA) is 34.5 Å². The molecule has 272 valence electrons. The minimum Gasteiger partial charge on any atom is -0.456 e. The van der Waals surface area contributed by atoms with Gasteiger partial charge in [0, 0.05) is 54.9 Å². The summed E-state index contributed by atoms with van der Waals surface area (Å²) in [5.41, 5.74) is 14.5. The molecule has 12 rings (SSSR count). The highest BCUT2D eigenvalue weighted by atomic mass is 16.3. The number of hydrogen-bond acceptors (Lipinski definition) is 3. The van der Waals surface area contributed by atoms with Crippen LogP contribution in [0.2, 0.25) is 0 Å². The van der Waals surface area contributed by atoms with Crippen molar-refractivity contribution in [3.05, 3.63) is 206 Å². The summed E-state index contributed by atoms with van der Waals surface area (Å²) in [5.74, 6) is 0. The highest BCUT2D eigenvalue weighted by Gasteiger charge is 2.23. The second-order valence-electron chi connectivity index (χ2n) is 14.9. The fourth-order valence-corrected chi connectivity index (χ4v) is 9.01. The number of rotatable bonds is 6. The van der Waals surface area contributed by atoms with Gasteiger partial charge in [0.05, 0.1) is 16.7 Å². The van der Waals surface area contributed by atoms with E-state index in [0.29, 0.717) is 0 Å². The minimum atomic E-state index is 0.834. The molecular weight excluding hydrogens is 709 g/mol. The molecule has 0 radical (unpaired) electrons. The van der Waals surface area contributed by atoms with Crippen molar-refractivity contribution in [1.82, 2.24) is 4.57 Å². The third kappa shape index (κ3) is 4.95. The first-order valence-electron chi connectivity index (χ1n) is 19.7. The van der Waals surface area contributed by atoms with Crippen LogP contribution in [0.15, 0.2) is 215 Å². The molecule has 0 spiro atoms. The summed E-state index contributed by atoms with van der Waals surface area (Å²) in [4.78, 5) is 2.32. The van der Waals surface area contributed by atoms with Crippen molar-refractivity contribution in [3.63, 3.8) is 0 Å². The number of benzene rings is 9. The van der Waals surface area contributed by atoms with Crippen LogP contribution in [-0.2, 0) is 0 Å². The third-order valence-electron chi connectivity index (χ3n) is 11.6. The Bertz CT molecular complexity index is 3500. The van der Waals surface area contributed by atoms with Crippen LogP contribution in [0.1, 0.15) is 0 Å². The van der Waals surface area contributed by atoms with E-state index in [0.717, 1.165) is 83.3 Å². The Kier molecular flexibility index (Phi) is 7.20. The van der Waals surface area contributed by atoms with E-state index in [9.17, 15) is 0 Å². The van der Waals surface area contributed by atoms with Crippen molar-refractivity contribution in [2.45, 2.75) is 0 Å². The van der Waals surface area contributed by atoms with Crippen LogP contribution in [0.3, 0.4) is 0 Å². The van der Waals surface area contributed by atoms with E-state index in [1.165, 1.54) is 27.4 Å². The number of hydrogen-bond donors (Lipinski definition) is 0. The molecule has 0 bridgehead atoms. The molecule has 0 saturated heterocycles. The zero-order valence-electron chi connectivity index (χ0n) is 31.3. The summed E-state index contributed by atoms with van der Waals surface area (Å²) >= 11 is 0. The van der Waals surface area contributed by atoms with Gasteiger partial charge >= 0.3 is 0 Å². The van der Waals surface area contributed by atoms with Crippen molar-refractivity contribution >= 4 is 82.7 Å². The Morgan fingerprint density at radius 2 is 0.966 bits per heavy atom. The molecule has 0 aliphatic rings. The van der Waals surface area contributed by atoms with E-state index in [1.54, 1.807) is 0 Å². The van der Waals surface area contributed by atoms with E-state index in [-0.39, 0.29) is 0 Å². The monoisotopic (exact) mass is 742 g/mol. The third-order valence-corrected chi connectivity index (χ3v) is 11.6. The molecule has 0 N–H and O–H groups in total. The fourth-order valence-electron chi connectivity index (χ4n) is 9.01. The molecule has 3 heterocycles.